The largest absolute Gasteiger partial charge is 0.488 e. The summed E-state index contributed by atoms with van der Waals surface area (Å²) in [6.45, 7) is 7.03. The smallest absolute Gasteiger partial charge is 0.332 e. The monoisotopic (exact) mass is 705 g/mol. The zero-order chi connectivity index (χ0) is 35.0. The van der Waals surface area contributed by atoms with E-state index < -0.39 is 28.9 Å². The van der Waals surface area contributed by atoms with Crippen LogP contribution in [0.2, 0.25) is 0 Å². The third-order valence-electron chi connectivity index (χ3n) is 9.16. The third kappa shape index (κ3) is 6.60. The highest BCUT2D eigenvalue weighted by Crippen LogP contribution is 2.37. The lowest BCUT2D eigenvalue weighted by molar-refractivity contribution is -0.126. The van der Waals surface area contributed by atoms with Crippen molar-refractivity contribution in [1.29, 1.82) is 0 Å². The molecule has 0 saturated carbocycles. The van der Waals surface area contributed by atoms with Crippen molar-refractivity contribution in [3.8, 4) is 5.75 Å². The average molecular weight is 706 g/mol. The van der Waals surface area contributed by atoms with Crippen molar-refractivity contribution in [1.82, 2.24) is 19.7 Å². The van der Waals surface area contributed by atoms with Gasteiger partial charge in [0.1, 0.15) is 42.2 Å². The molecule has 4 aromatic rings. The molecule has 3 aliphatic rings. The summed E-state index contributed by atoms with van der Waals surface area (Å²) < 4.78 is 48.2. The average Bonchev–Trinajstić information content (AvgIpc) is 3.83. The van der Waals surface area contributed by atoms with Crippen LogP contribution in [-0.4, -0.2) is 88.7 Å². The van der Waals surface area contributed by atoms with E-state index in [2.05, 4.69) is 32.5 Å². The zero-order valence-electron chi connectivity index (χ0n) is 27.6. The quantitative estimate of drug-likeness (QED) is 0.186. The Hall–Kier alpha value is -4.73. The summed E-state index contributed by atoms with van der Waals surface area (Å²) in [6, 6.07) is 18.2. The standard InChI is InChI=1S/C35H37F2N7O5S/c1-23(2)43-32(45)33(50)44(34(43)46)27-6-4-25(5-7-27)40-13-15-41(16-14-40)26-8-10-28(11-9-26)47-18-31-48-20-35(49-31,19-42-22-38-21-39-42)29-12-3-24(36)17-30(29)37/h3-12,17,21-23,31,33,50H,13-16,18-20H2,1-2H3/t31-,33?,35+/m0/s1. The van der Waals surface area contributed by atoms with Gasteiger partial charge in [0, 0.05) is 60.9 Å². The summed E-state index contributed by atoms with van der Waals surface area (Å²) in [4.78, 5) is 36.7. The number of imide groups is 1. The van der Waals surface area contributed by atoms with Gasteiger partial charge in [-0.2, -0.15) is 5.10 Å². The summed E-state index contributed by atoms with van der Waals surface area (Å²) in [5.74, 6) is -1.10. The number of benzene rings is 3. The van der Waals surface area contributed by atoms with Gasteiger partial charge in [0.15, 0.2) is 11.7 Å². The Morgan fingerprint density at radius 1 is 0.940 bits per heavy atom. The molecule has 3 amide bonds. The second kappa shape index (κ2) is 13.9. The number of hydrogen-bond donors (Lipinski definition) is 1. The van der Waals surface area contributed by atoms with Crippen LogP contribution in [0.3, 0.4) is 0 Å². The Morgan fingerprint density at radius 3 is 2.16 bits per heavy atom. The first-order chi connectivity index (χ1) is 24.1. The Balaban J connectivity index is 0.922. The first-order valence-corrected chi connectivity index (χ1v) is 16.9. The van der Waals surface area contributed by atoms with Crippen molar-refractivity contribution in [2.75, 3.05) is 54.1 Å². The third-order valence-corrected chi connectivity index (χ3v) is 9.61. The molecular weight excluding hydrogens is 668 g/mol. The lowest BCUT2D eigenvalue weighted by Gasteiger charge is -2.37. The van der Waals surface area contributed by atoms with Gasteiger partial charge in [-0.05, 0) is 68.4 Å². The molecule has 3 atom stereocenters. The molecule has 50 heavy (non-hydrogen) atoms. The number of nitrogens with zero attached hydrogens (tertiary/aromatic N) is 7. The van der Waals surface area contributed by atoms with Crippen LogP contribution in [0.4, 0.5) is 30.6 Å². The van der Waals surface area contributed by atoms with Crippen molar-refractivity contribution in [2.45, 2.75) is 43.7 Å². The van der Waals surface area contributed by atoms with Crippen LogP contribution in [-0.2, 0) is 26.4 Å². The molecule has 0 bridgehead atoms. The first-order valence-electron chi connectivity index (χ1n) is 16.4. The number of urea groups is 1. The van der Waals surface area contributed by atoms with Gasteiger partial charge in [-0.25, -0.2) is 23.2 Å². The molecule has 3 fully saturated rings. The number of carbonyl (C=O) groups excluding carboxylic acids is 2. The van der Waals surface area contributed by atoms with E-state index in [4.69, 9.17) is 14.2 Å². The number of rotatable bonds is 10. The Labute approximate surface area is 293 Å². The Morgan fingerprint density at radius 2 is 1.58 bits per heavy atom. The summed E-state index contributed by atoms with van der Waals surface area (Å²) >= 11 is 4.41. The molecule has 3 saturated heterocycles. The van der Waals surface area contributed by atoms with Crippen molar-refractivity contribution in [2.24, 2.45) is 0 Å². The number of amides is 3. The molecule has 0 spiro atoms. The molecule has 4 heterocycles. The van der Waals surface area contributed by atoms with Crippen LogP contribution in [0.5, 0.6) is 5.75 Å². The summed E-state index contributed by atoms with van der Waals surface area (Å²) in [5, 5.41) is 3.28. The number of anilines is 3. The van der Waals surface area contributed by atoms with Crippen molar-refractivity contribution in [3.05, 3.63) is 96.6 Å². The summed E-state index contributed by atoms with van der Waals surface area (Å²) in [6.07, 6.45) is 2.08. The van der Waals surface area contributed by atoms with E-state index in [1.54, 1.807) is 0 Å². The fourth-order valence-electron chi connectivity index (χ4n) is 6.61. The number of aromatic nitrogens is 3. The van der Waals surface area contributed by atoms with Gasteiger partial charge in [-0.3, -0.25) is 14.6 Å². The fourth-order valence-corrected chi connectivity index (χ4v) is 6.97. The van der Waals surface area contributed by atoms with Crippen LogP contribution < -0.4 is 19.4 Å². The van der Waals surface area contributed by atoms with Crippen molar-refractivity contribution < 1.29 is 32.6 Å². The molecule has 1 unspecified atom stereocenters. The number of hydrogen-bond acceptors (Lipinski definition) is 10. The van der Waals surface area contributed by atoms with E-state index in [1.807, 2.05) is 62.4 Å². The van der Waals surface area contributed by atoms with Crippen LogP contribution in [0, 0.1) is 11.6 Å². The van der Waals surface area contributed by atoms with Gasteiger partial charge in [-0.15, -0.1) is 12.6 Å². The van der Waals surface area contributed by atoms with Crippen LogP contribution in [0.1, 0.15) is 19.4 Å². The van der Waals surface area contributed by atoms with Crippen molar-refractivity contribution >= 4 is 41.6 Å². The summed E-state index contributed by atoms with van der Waals surface area (Å²) in [5.41, 5.74) is 1.65. The lowest BCUT2D eigenvalue weighted by atomic mass is 9.94. The van der Waals surface area contributed by atoms with E-state index in [1.165, 1.54) is 39.3 Å². The molecule has 12 nitrogen and oxygen atoms in total. The van der Waals surface area contributed by atoms with E-state index >= 15 is 0 Å². The van der Waals surface area contributed by atoms with Gasteiger partial charge < -0.3 is 24.0 Å². The SMILES string of the molecule is CC(C)N1C(=O)C(S)N(c2ccc(N3CCN(c4ccc(OC[C@H]5OC[C@](Cn6cncn6)(c6ccc(F)cc6F)O5)cc4)CC3)cc2)C1=O. The second-order valence-corrected chi connectivity index (χ2v) is 13.2. The predicted molar refractivity (Wildman–Crippen MR) is 184 cm³/mol. The van der Waals surface area contributed by atoms with Gasteiger partial charge in [0.05, 0.1) is 13.2 Å². The second-order valence-electron chi connectivity index (χ2n) is 12.7. The minimum Gasteiger partial charge on any atom is -0.488 e. The maximum atomic E-state index is 14.9. The lowest BCUT2D eigenvalue weighted by Crippen LogP contribution is -2.46. The maximum Gasteiger partial charge on any atom is 0.332 e. The Bertz CT molecular complexity index is 1820. The Kier molecular flexibility index (Phi) is 9.37. The molecule has 15 heteroatoms. The van der Waals surface area contributed by atoms with Gasteiger partial charge in [0.25, 0.3) is 5.91 Å². The molecular formula is C35H37F2N7O5S. The van der Waals surface area contributed by atoms with Gasteiger partial charge in [0.2, 0.25) is 0 Å². The predicted octanol–water partition coefficient (Wildman–Crippen LogP) is 4.66. The van der Waals surface area contributed by atoms with Crippen molar-refractivity contribution in [3.63, 3.8) is 0 Å². The van der Waals surface area contributed by atoms with E-state index in [0.717, 1.165) is 43.6 Å². The highest BCUT2D eigenvalue weighted by molar-refractivity contribution is 7.82. The topological polar surface area (TPSA) is 106 Å². The summed E-state index contributed by atoms with van der Waals surface area (Å²) in [7, 11) is 0. The minimum atomic E-state index is -1.24. The number of ether oxygens (including phenoxy) is 3. The zero-order valence-corrected chi connectivity index (χ0v) is 28.5. The van der Waals surface area contributed by atoms with E-state index in [-0.39, 0.29) is 43.3 Å². The number of halogens is 2. The number of carbonyl (C=O) groups is 2. The molecule has 0 N–H and O–H groups in total. The van der Waals surface area contributed by atoms with Gasteiger partial charge in [-0.1, -0.05) is 6.07 Å². The molecule has 1 aromatic heterocycles. The van der Waals surface area contributed by atoms with E-state index in [0.29, 0.717) is 11.4 Å². The normalized spacial score (nSPS) is 22.7. The fraction of sp³-hybridized carbons (Fsp3) is 0.371. The molecule has 3 aliphatic heterocycles. The molecule has 0 aliphatic carbocycles. The minimum absolute atomic E-state index is 0.0186. The molecule has 262 valence electrons. The molecule has 3 aromatic carbocycles. The van der Waals surface area contributed by atoms with Gasteiger partial charge >= 0.3 is 6.03 Å². The maximum absolute atomic E-state index is 14.9. The highest BCUT2D eigenvalue weighted by Gasteiger charge is 2.46. The van der Waals surface area contributed by atoms with Crippen LogP contribution in [0.25, 0.3) is 0 Å². The highest BCUT2D eigenvalue weighted by atomic mass is 32.1. The van der Waals surface area contributed by atoms with Crippen LogP contribution in [0.15, 0.2) is 79.4 Å². The number of thiol groups is 1. The first kappa shape index (κ1) is 33.8. The molecule has 7 rings (SSSR count). The van der Waals surface area contributed by atoms with Crippen LogP contribution >= 0.6 is 12.6 Å². The molecule has 0 radical (unpaired) electrons. The van der Waals surface area contributed by atoms with E-state index in [9.17, 15) is 18.4 Å². The number of piperazine rings is 1.